The second kappa shape index (κ2) is 9.22. The van der Waals surface area contributed by atoms with Crippen molar-refractivity contribution in [2.75, 3.05) is 25.6 Å². The monoisotopic (exact) mass is 356 g/mol. The fourth-order valence-corrected chi connectivity index (χ4v) is 2.21. The summed E-state index contributed by atoms with van der Waals surface area (Å²) in [7, 11) is 1.49. The third-order valence-electron chi connectivity index (χ3n) is 3.53. The van der Waals surface area contributed by atoms with E-state index < -0.39 is 18.5 Å². The Hall–Kier alpha value is -3.35. The van der Waals surface area contributed by atoms with E-state index in [-0.39, 0.29) is 12.5 Å². The molecule has 2 aromatic rings. The summed E-state index contributed by atoms with van der Waals surface area (Å²) in [6.07, 6.45) is 0. The number of esters is 1. The number of rotatable bonds is 7. The van der Waals surface area contributed by atoms with E-state index in [1.165, 1.54) is 7.11 Å². The van der Waals surface area contributed by atoms with Crippen molar-refractivity contribution in [1.29, 1.82) is 0 Å². The molecule has 0 spiro atoms. The minimum atomic E-state index is -0.706. The van der Waals surface area contributed by atoms with Crippen LogP contribution in [0, 0.1) is 6.92 Å². The summed E-state index contributed by atoms with van der Waals surface area (Å²) in [5.41, 5.74) is 1.76. The molecule has 0 aromatic heterocycles. The first-order chi connectivity index (χ1) is 12.5. The van der Waals surface area contributed by atoms with Crippen molar-refractivity contribution < 1.29 is 23.9 Å². The smallest absolute Gasteiger partial charge is 0.325 e. The Balaban J connectivity index is 1.77. The molecule has 26 heavy (non-hydrogen) atoms. The lowest BCUT2D eigenvalue weighted by molar-refractivity contribution is -0.146. The number of nitrogens with one attached hydrogen (secondary N) is 2. The molecule has 2 amide bonds. The van der Waals surface area contributed by atoms with Gasteiger partial charge < -0.3 is 20.1 Å². The van der Waals surface area contributed by atoms with Crippen LogP contribution in [0.5, 0.6) is 5.75 Å². The van der Waals surface area contributed by atoms with Gasteiger partial charge >= 0.3 is 5.97 Å². The van der Waals surface area contributed by atoms with E-state index >= 15 is 0 Å². The Morgan fingerprint density at radius 1 is 1.00 bits per heavy atom. The van der Waals surface area contributed by atoms with Crippen molar-refractivity contribution in [2.45, 2.75) is 6.92 Å². The predicted molar refractivity (Wildman–Crippen MR) is 96.1 cm³/mol. The molecule has 0 atom stereocenters. The molecule has 7 heteroatoms. The van der Waals surface area contributed by atoms with Gasteiger partial charge in [0.05, 0.1) is 12.8 Å². The number of methoxy groups -OCH3 is 1. The number of aryl methyl sites for hydroxylation is 1. The summed E-state index contributed by atoms with van der Waals surface area (Å²) in [6.45, 7) is 1.02. The van der Waals surface area contributed by atoms with E-state index in [0.717, 1.165) is 5.56 Å². The lowest BCUT2D eigenvalue weighted by Gasteiger charge is -2.10. The van der Waals surface area contributed by atoms with Crippen molar-refractivity contribution in [3.05, 3.63) is 59.7 Å². The maximum atomic E-state index is 12.0. The molecule has 7 nitrogen and oxygen atoms in total. The number of ether oxygens (including phenoxy) is 2. The molecule has 0 saturated heterocycles. The highest BCUT2D eigenvalue weighted by atomic mass is 16.5. The Morgan fingerprint density at radius 2 is 1.69 bits per heavy atom. The molecular formula is C19H20N2O5. The Kier molecular flexibility index (Phi) is 6.73. The minimum Gasteiger partial charge on any atom is -0.495 e. The van der Waals surface area contributed by atoms with Crippen LogP contribution in [0.4, 0.5) is 5.69 Å². The fourth-order valence-electron chi connectivity index (χ4n) is 2.21. The van der Waals surface area contributed by atoms with Crippen LogP contribution in [-0.4, -0.2) is 38.0 Å². The number of hydrogen-bond acceptors (Lipinski definition) is 5. The minimum absolute atomic E-state index is 0.324. The molecule has 0 radical (unpaired) electrons. The van der Waals surface area contributed by atoms with Crippen LogP contribution in [0.3, 0.4) is 0 Å². The van der Waals surface area contributed by atoms with E-state index in [1.54, 1.807) is 49.4 Å². The molecule has 2 aromatic carbocycles. The molecule has 0 saturated carbocycles. The SMILES string of the molecule is COc1ccccc1NC(=O)COC(=O)CNC(=O)c1ccccc1C. The largest absolute Gasteiger partial charge is 0.495 e. The summed E-state index contributed by atoms with van der Waals surface area (Å²) in [5.74, 6) is -1.09. The molecule has 0 bridgehead atoms. The highest BCUT2D eigenvalue weighted by Gasteiger charge is 2.13. The maximum Gasteiger partial charge on any atom is 0.325 e. The Bertz CT molecular complexity index is 804. The third kappa shape index (κ3) is 5.34. The number of carbonyl (C=O) groups is 3. The van der Waals surface area contributed by atoms with E-state index in [0.29, 0.717) is 17.0 Å². The molecular weight excluding hydrogens is 336 g/mol. The van der Waals surface area contributed by atoms with Crippen LogP contribution in [0.1, 0.15) is 15.9 Å². The lowest BCUT2D eigenvalue weighted by Crippen LogP contribution is -2.32. The van der Waals surface area contributed by atoms with Gasteiger partial charge in [0.1, 0.15) is 12.3 Å². The summed E-state index contributed by atoms with van der Waals surface area (Å²) in [4.78, 5) is 35.6. The van der Waals surface area contributed by atoms with Gasteiger partial charge in [-0.25, -0.2) is 0 Å². The van der Waals surface area contributed by atoms with E-state index in [4.69, 9.17) is 9.47 Å². The Labute approximate surface area is 151 Å². The first-order valence-corrected chi connectivity index (χ1v) is 7.93. The maximum absolute atomic E-state index is 12.0. The Morgan fingerprint density at radius 3 is 2.42 bits per heavy atom. The molecule has 136 valence electrons. The van der Waals surface area contributed by atoms with Crippen LogP contribution in [0.15, 0.2) is 48.5 Å². The van der Waals surface area contributed by atoms with Gasteiger partial charge in [0.25, 0.3) is 11.8 Å². The fraction of sp³-hybridized carbons (Fsp3) is 0.211. The highest BCUT2D eigenvalue weighted by molar-refractivity contribution is 5.97. The number of para-hydroxylation sites is 2. The quantitative estimate of drug-likeness (QED) is 0.739. The lowest BCUT2D eigenvalue weighted by atomic mass is 10.1. The molecule has 0 unspecified atom stereocenters. The summed E-state index contributed by atoms with van der Waals surface area (Å²) < 4.78 is 9.98. The zero-order valence-corrected chi connectivity index (χ0v) is 14.6. The van der Waals surface area contributed by atoms with Gasteiger partial charge in [0.2, 0.25) is 0 Å². The molecule has 2 rings (SSSR count). The van der Waals surface area contributed by atoms with Crippen LogP contribution in [0.25, 0.3) is 0 Å². The van der Waals surface area contributed by atoms with Gasteiger partial charge in [-0.1, -0.05) is 30.3 Å². The molecule has 2 N–H and O–H groups in total. The number of carbonyl (C=O) groups excluding carboxylic acids is 3. The summed E-state index contributed by atoms with van der Waals surface area (Å²) >= 11 is 0. The molecule has 0 aliphatic heterocycles. The topological polar surface area (TPSA) is 93.7 Å². The first-order valence-electron chi connectivity index (χ1n) is 7.93. The first kappa shape index (κ1) is 19.0. The number of anilines is 1. The van der Waals surface area contributed by atoms with Crippen molar-refractivity contribution in [2.24, 2.45) is 0 Å². The van der Waals surface area contributed by atoms with Gasteiger partial charge in [0, 0.05) is 5.56 Å². The summed E-state index contributed by atoms with van der Waals surface area (Å²) in [6, 6.07) is 13.9. The summed E-state index contributed by atoms with van der Waals surface area (Å²) in [5, 5.41) is 5.05. The van der Waals surface area contributed by atoms with Crippen LogP contribution in [-0.2, 0) is 14.3 Å². The molecule has 0 aliphatic carbocycles. The molecule has 0 heterocycles. The zero-order valence-electron chi connectivity index (χ0n) is 14.6. The van der Waals surface area contributed by atoms with Crippen molar-refractivity contribution >= 4 is 23.5 Å². The third-order valence-corrected chi connectivity index (χ3v) is 3.53. The zero-order chi connectivity index (χ0) is 18.9. The average molecular weight is 356 g/mol. The second-order valence-corrected chi connectivity index (χ2v) is 5.41. The van der Waals surface area contributed by atoms with Gasteiger partial charge in [-0.2, -0.15) is 0 Å². The number of amides is 2. The van der Waals surface area contributed by atoms with E-state index in [1.807, 2.05) is 6.07 Å². The van der Waals surface area contributed by atoms with Crippen molar-refractivity contribution in [3.63, 3.8) is 0 Å². The average Bonchev–Trinajstić information content (AvgIpc) is 2.65. The van der Waals surface area contributed by atoms with Gasteiger partial charge in [-0.05, 0) is 30.7 Å². The van der Waals surface area contributed by atoms with Crippen LogP contribution >= 0.6 is 0 Å². The van der Waals surface area contributed by atoms with Crippen LogP contribution < -0.4 is 15.4 Å². The molecule has 0 fully saturated rings. The van der Waals surface area contributed by atoms with Crippen molar-refractivity contribution in [1.82, 2.24) is 5.32 Å². The standard InChI is InChI=1S/C19H20N2O5/c1-13-7-3-4-8-14(13)19(24)20-11-18(23)26-12-17(22)21-15-9-5-6-10-16(15)25-2/h3-10H,11-12H2,1-2H3,(H,20,24)(H,21,22). The predicted octanol–water partition coefficient (Wildman–Crippen LogP) is 1.92. The van der Waals surface area contributed by atoms with E-state index in [2.05, 4.69) is 10.6 Å². The van der Waals surface area contributed by atoms with Gasteiger partial charge in [0.15, 0.2) is 6.61 Å². The van der Waals surface area contributed by atoms with Crippen molar-refractivity contribution in [3.8, 4) is 5.75 Å². The van der Waals surface area contributed by atoms with E-state index in [9.17, 15) is 14.4 Å². The molecule has 0 aliphatic rings. The number of hydrogen-bond donors (Lipinski definition) is 2. The van der Waals surface area contributed by atoms with Gasteiger partial charge in [-0.3, -0.25) is 14.4 Å². The number of benzene rings is 2. The highest BCUT2D eigenvalue weighted by Crippen LogP contribution is 2.22. The van der Waals surface area contributed by atoms with Crippen LogP contribution in [0.2, 0.25) is 0 Å². The normalized spacial score (nSPS) is 9.92. The second-order valence-electron chi connectivity index (χ2n) is 5.41. The van der Waals surface area contributed by atoms with Gasteiger partial charge in [-0.15, -0.1) is 0 Å².